The molecule has 2 aromatic rings. The molecular formula is C13H9Cl2NO3S2. The number of thioether (sulfide) groups is 1. The molecule has 0 aliphatic rings. The average Bonchev–Trinajstić information content (AvgIpc) is 2.79. The van der Waals surface area contributed by atoms with Crippen molar-refractivity contribution >= 4 is 58.0 Å². The Bertz CT molecular complexity index is 700. The van der Waals surface area contributed by atoms with Gasteiger partial charge < -0.3 is 10.3 Å². The van der Waals surface area contributed by atoms with Crippen LogP contribution in [-0.4, -0.2) is 27.7 Å². The van der Waals surface area contributed by atoms with Crippen molar-refractivity contribution in [3.8, 4) is 0 Å². The van der Waals surface area contributed by atoms with Gasteiger partial charge >= 0.3 is 5.97 Å². The minimum atomic E-state index is -1.00. The van der Waals surface area contributed by atoms with Gasteiger partial charge in [0.15, 0.2) is 0 Å². The predicted octanol–water partition coefficient (Wildman–Crippen LogP) is 4.72. The Balaban J connectivity index is 2.19. The van der Waals surface area contributed by atoms with Crippen LogP contribution in [0.5, 0.6) is 0 Å². The summed E-state index contributed by atoms with van der Waals surface area (Å²) in [6, 6.07) is 8.25. The molecule has 0 radical (unpaired) electrons. The molecule has 2 N–H and O–H groups in total. The van der Waals surface area contributed by atoms with Crippen LogP contribution in [0.3, 0.4) is 0 Å². The van der Waals surface area contributed by atoms with Crippen molar-refractivity contribution in [3.63, 3.8) is 0 Å². The number of nitrogens with zero attached hydrogens (tertiary/aromatic N) is 1. The number of thiophene rings is 1. The van der Waals surface area contributed by atoms with Gasteiger partial charge in [-0.2, -0.15) is 0 Å². The number of hydrogen-bond donors (Lipinski definition) is 2. The quantitative estimate of drug-likeness (QED) is 0.349. The number of rotatable bonds is 5. The van der Waals surface area contributed by atoms with Gasteiger partial charge in [-0.1, -0.05) is 40.5 Å². The van der Waals surface area contributed by atoms with Crippen LogP contribution in [0, 0.1) is 0 Å². The van der Waals surface area contributed by atoms with E-state index < -0.39 is 5.97 Å². The molecule has 8 heteroatoms. The zero-order chi connectivity index (χ0) is 15.4. The maximum atomic E-state index is 11.1. The zero-order valence-corrected chi connectivity index (χ0v) is 13.6. The number of carboxylic acid groups (broad SMARTS) is 1. The lowest BCUT2D eigenvalue weighted by Gasteiger charge is -2.06. The molecule has 4 nitrogen and oxygen atoms in total. The molecule has 0 saturated heterocycles. The second kappa shape index (κ2) is 7.17. The van der Waals surface area contributed by atoms with Gasteiger partial charge in [0.1, 0.15) is 4.34 Å². The van der Waals surface area contributed by atoms with Crippen molar-refractivity contribution in [1.29, 1.82) is 0 Å². The Hall–Kier alpha value is -1.21. The molecule has 0 spiro atoms. The molecule has 110 valence electrons. The van der Waals surface area contributed by atoms with E-state index in [1.165, 1.54) is 29.2 Å². The number of halogens is 2. The third kappa shape index (κ3) is 3.91. The molecule has 1 aromatic heterocycles. The Morgan fingerprint density at radius 3 is 2.57 bits per heavy atom. The summed E-state index contributed by atoms with van der Waals surface area (Å²) >= 11 is 14.3. The first-order valence-electron chi connectivity index (χ1n) is 5.64. The Kier molecular flexibility index (Phi) is 5.52. The molecule has 0 fully saturated rings. The van der Waals surface area contributed by atoms with E-state index in [1.54, 1.807) is 24.3 Å². The summed E-state index contributed by atoms with van der Waals surface area (Å²) in [6.45, 7) is 0. The van der Waals surface area contributed by atoms with Gasteiger partial charge in [-0.25, -0.2) is 4.79 Å². The van der Waals surface area contributed by atoms with E-state index in [0.29, 0.717) is 24.8 Å². The topological polar surface area (TPSA) is 69.9 Å². The maximum absolute atomic E-state index is 11.1. The number of carboxylic acids is 1. The van der Waals surface area contributed by atoms with Crippen LogP contribution >= 0.6 is 46.3 Å². The number of oxime groups is 1. The van der Waals surface area contributed by atoms with E-state index >= 15 is 0 Å². The van der Waals surface area contributed by atoms with Crippen molar-refractivity contribution in [2.24, 2.45) is 5.16 Å². The number of carbonyl (C=O) groups is 1. The number of hydrogen-bond acceptors (Lipinski definition) is 5. The highest BCUT2D eigenvalue weighted by Gasteiger charge is 2.15. The Morgan fingerprint density at radius 2 is 2.00 bits per heavy atom. The fraction of sp³-hybridized carbons (Fsp3) is 0.0769. The van der Waals surface area contributed by atoms with Crippen molar-refractivity contribution in [2.75, 3.05) is 5.75 Å². The lowest BCUT2D eigenvalue weighted by Crippen LogP contribution is -2.05. The fourth-order valence-electron chi connectivity index (χ4n) is 1.61. The van der Waals surface area contributed by atoms with E-state index in [2.05, 4.69) is 5.16 Å². The first-order valence-corrected chi connectivity index (χ1v) is 8.20. The highest BCUT2D eigenvalue weighted by molar-refractivity contribution is 8.00. The van der Waals surface area contributed by atoms with E-state index in [4.69, 9.17) is 33.5 Å². The lowest BCUT2D eigenvalue weighted by atomic mass is 10.2. The monoisotopic (exact) mass is 361 g/mol. The van der Waals surface area contributed by atoms with Crippen LogP contribution in [0.25, 0.3) is 0 Å². The first-order chi connectivity index (χ1) is 10.0. The van der Waals surface area contributed by atoms with Crippen molar-refractivity contribution < 1.29 is 15.1 Å². The first kappa shape index (κ1) is 16.2. The van der Waals surface area contributed by atoms with Crippen molar-refractivity contribution in [2.45, 2.75) is 4.90 Å². The molecule has 0 aliphatic heterocycles. The third-order valence-corrected chi connectivity index (χ3v) is 5.14. The van der Waals surface area contributed by atoms with Gasteiger partial charge in [-0.05, 0) is 18.2 Å². The summed E-state index contributed by atoms with van der Waals surface area (Å²) in [4.78, 5) is 11.7. The summed E-state index contributed by atoms with van der Waals surface area (Å²) in [5, 5.41) is 21.5. The predicted molar refractivity (Wildman–Crippen MR) is 86.8 cm³/mol. The van der Waals surface area contributed by atoms with Crippen LogP contribution < -0.4 is 0 Å². The molecular weight excluding hydrogens is 353 g/mol. The van der Waals surface area contributed by atoms with Crippen molar-refractivity contribution in [1.82, 2.24) is 0 Å². The van der Waals surface area contributed by atoms with Gasteiger partial charge in [0.25, 0.3) is 0 Å². The van der Waals surface area contributed by atoms with E-state index in [9.17, 15) is 4.79 Å². The molecule has 2 rings (SSSR count). The van der Waals surface area contributed by atoms with Crippen LogP contribution in [0.2, 0.25) is 8.67 Å². The largest absolute Gasteiger partial charge is 0.478 e. The fourth-order valence-corrected chi connectivity index (χ4v) is 4.11. The standard InChI is InChI=1S/C13H9Cl2NO3S2/c14-11-5-8(12(15)21-11)9(16-19)6-20-10-4-2-1-3-7(10)13(17)18/h1-5,19H,6H2,(H,17,18)/b16-9-. The van der Waals surface area contributed by atoms with E-state index in [0.717, 1.165) is 0 Å². The molecule has 0 unspecified atom stereocenters. The van der Waals surface area contributed by atoms with Crippen molar-refractivity contribution in [3.05, 3.63) is 50.1 Å². The van der Waals surface area contributed by atoms with Gasteiger partial charge in [-0.3, -0.25) is 0 Å². The summed E-state index contributed by atoms with van der Waals surface area (Å²) in [7, 11) is 0. The van der Waals surface area contributed by atoms with Crippen LogP contribution in [0.15, 0.2) is 40.4 Å². The van der Waals surface area contributed by atoms with Crippen LogP contribution in [-0.2, 0) is 0 Å². The second-order valence-corrected chi connectivity index (χ2v) is 7.18. The highest BCUT2D eigenvalue weighted by Crippen LogP contribution is 2.33. The molecule has 21 heavy (non-hydrogen) atoms. The summed E-state index contributed by atoms with van der Waals surface area (Å²) in [5.74, 6) is -0.731. The van der Waals surface area contributed by atoms with Gasteiger partial charge in [0.05, 0.1) is 15.6 Å². The highest BCUT2D eigenvalue weighted by atomic mass is 35.5. The minimum Gasteiger partial charge on any atom is -0.478 e. The van der Waals surface area contributed by atoms with E-state index in [-0.39, 0.29) is 11.3 Å². The van der Waals surface area contributed by atoms with Gasteiger partial charge in [-0.15, -0.1) is 23.1 Å². The molecule has 0 saturated carbocycles. The van der Waals surface area contributed by atoms with E-state index in [1.807, 2.05) is 0 Å². The number of benzene rings is 1. The molecule has 1 heterocycles. The zero-order valence-electron chi connectivity index (χ0n) is 10.4. The normalized spacial score (nSPS) is 11.6. The minimum absolute atomic E-state index is 0.203. The maximum Gasteiger partial charge on any atom is 0.336 e. The lowest BCUT2D eigenvalue weighted by molar-refractivity contribution is 0.0693. The second-order valence-electron chi connectivity index (χ2n) is 3.87. The third-order valence-electron chi connectivity index (χ3n) is 2.57. The van der Waals surface area contributed by atoms with Gasteiger partial charge in [0.2, 0.25) is 0 Å². The summed E-state index contributed by atoms with van der Waals surface area (Å²) < 4.78 is 0.923. The molecule has 0 bridgehead atoms. The molecule has 1 aromatic carbocycles. The summed E-state index contributed by atoms with van der Waals surface area (Å²) in [6.07, 6.45) is 0. The molecule has 0 atom stereocenters. The molecule has 0 amide bonds. The van der Waals surface area contributed by atoms with Gasteiger partial charge in [0, 0.05) is 16.2 Å². The smallest absolute Gasteiger partial charge is 0.336 e. The number of aromatic carboxylic acids is 1. The summed E-state index contributed by atoms with van der Waals surface area (Å²) in [5.41, 5.74) is 1.09. The average molecular weight is 362 g/mol. The SMILES string of the molecule is O=C(O)c1ccccc1SC/C(=N/O)c1cc(Cl)sc1Cl. The van der Waals surface area contributed by atoms with Crippen LogP contribution in [0.1, 0.15) is 15.9 Å². The van der Waals surface area contributed by atoms with Crippen LogP contribution in [0.4, 0.5) is 0 Å². The Morgan fingerprint density at radius 1 is 1.29 bits per heavy atom. The molecule has 0 aliphatic carbocycles. The Labute approximate surface area is 139 Å².